The second-order valence-electron chi connectivity index (χ2n) is 8.09. The first kappa shape index (κ1) is 19.5. The second kappa shape index (κ2) is 7.07. The third-order valence-corrected chi connectivity index (χ3v) is 7.32. The quantitative estimate of drug-likeness (QED) is 0.802. The van der Waals surface area contributed by atoms with Crippen LogP contribution in [0.15, 0.2) is 35.7 Å². The summed E-state index contributed by atoms with van der Waals surface area (Å²) in [6.45, 7) is 7.23. The molecular weight excluding hydrogens is 364 g/mol. The van der Waals surface area contributed by atoms with E-state index in [0.717, 1.165) is 0 Å². The van der Waals surface area contributed by atoms with Crippen molar-refractivity contribution in [3.63, 3.8) is 0 Å². The molecule has 27 heavy (non-hydrogen) atoms. The predicted octanol–water partition coefficient (Wildman–Crippen LogP) is 2.19. The first-order valence-electron chi connectivity index (χ1n) is 9.08. The van der Waals surface area contributed by atoms with E-state index in [4.69, 9.17) is 0 Å². The van der Waals surface area contributed by atoms with Gasteiger partial charge < -0.3 is 9.47 Å². The minimum atomic E-state index is -3.53. The lowest BCUT2D eigenvalue weighted by Crippen LogP contribution is -2.42. The van der Waals surface area contributed by atoms with E-state index in [9.17, 15) is 13.2 Å². The lowest BCUT2D eigenvalue weighted by atomic mass is 9.86. The van der Waals surface area contributed by atoms with Crippen molar-refractivity contribution in [1.29, 1.82) is 0 Å². The van der Waals surface area contributed by atoms with Crippen LogP contribution in [0.25, 0.3) is 0 Å². The number of sulfone groups is 1. The van der Waals surface area contributed by atoms with Crippen LogP contribution in [-0.4, -0.2) is 52.3 Å². The number of nitrogens with zero attached hydrogens (tertiary/aromatic N) is 4. The summed E-state index contributed by atoms with van der Waals surface area (Å²) in [7, 11) is -1.92. The van der Waals surface area contributed by atoms with E-state index in [1.807, 2.05) is 24.3 Å². The molecule has 1 aromatic carbocycles. The monoisotopic (exact) mass is 390 g/mol. The summed E-state index contributed by atoms with van der Waals surface area (Å²) in [5, 5.41) is 6.85. The van der Waals surface area contributed by atoms with Crippen LogP contribution < -0.4 is 0 Å². The Balaban J connectivity index is 1.67. The largest absolute Gasteiger partial charge is 0.339 e. The Labute approximate surface area is 160 Å². The molecule has 1 aliphatic rings. The first-order chi connectivity index (χ1) is 12.6. The van der Waals surface area contributed by atoms with Crippen LogP contribution in [0.4, 0.5) is 0 Å². The molecule has 0 bridgehead atoms. The third kappa shape index (κ3) is 3.90. The number of aromatic nitrogens is 3. The molecule has 0 spiro atoms. The lowest BCUT2D eigenvalue weighted by Gasteiger charge is -2.31. The number of hydrogen-bond donors (Lipinski definition) is 0. The number of likely N-dealkylation sites (tertiary alicyclic amines) is 1. The van der Waals surface area contributed by atoms with Crippen LogP contribution in [0.5, 0.6) is 0 Å². The zero-order chi connectivity index (χ0) is 19.8. The highest BCUT2D eigenvalue weighted by atomic mass is 32.2. The number of carbonyl (C=O) groups excluding carboxylic acids is 1. The summed E-state index contributed by atoms with van der Waals surface area (Å²) >= 11 is 0. The Bertz CT molecular complexity index is 919. The van der Waals surface area contributed by atoms with Gasteiger partial charge in [0.25, 0.3) is 5.91 Å². The summed E-state index contributed by atoms with van der Waals surface area (Å²) in [6.07, 6.45) is 2.19. The van der Waals surface area contributed by atoms with Gasteiger partial charge in [-0.05, 0) is 36.0 Å². The Hall–Kier alpha value is -2.22. The van der Waals surface area contributed by atoms with Gasteiger partial charge in [0.1, 0.15) is 6.33 Å². The average Bonchev–Trinajstić information content (AvgIpc) is 3.07. The van der Waals surface area contributed by atoms with Crippen molar-refractivity contribution >= 4 is 15.7 Å². The number of hydrogen-bond acceptors (Lipinski definition) is 5. The van der Waals surface area contributed by atoms with Crippen molar-refractivity contribution in [2.75, 3.05) is 13.1 Å². The van der Waals surface area contributed by atoms with Gasteiger partial charge in [-0.15, -0.1) is 10.2 Å². The Morgan fingerprint density at radius 2 is 1.70 bits per heavy atom. The molecular formula is C19H26N4O3S. The van der Waals surface area contributed by atoms with Crippen LogP contribution >= 0.6 is 0 Å². The normalized spacial score (nSPS) is 16.5. The van der Waals surface area contributed by atoms with Crippen molar-refractivity contribution < 1.29 is 13.2 Å². The van der Waals surface area contributed by atoms with Gasteiger partial charge in [-0.25, -0.2) is 8.42 Å². The zero-order valence-corrected chi connectivity index (χ0v) is 17.0. The molecule has 1 saturated heterocycles. The first-order valence-corrected chi connectivity index (χ1v) is 10.6. The van der Waals surface area contributed by atoms with E-state index in [-0.39, 0.29) is 16.5 Å². The molecule has 1 fully saturated rings. The van der Waals surface area contributed by atoms with Gasteiger partial charge in [0.05, 0.1) is 5.25 Å². The van der Waals surface area contributed by atoms with Crippen LogP contribution in [0, 0.1) is 0 Å². The lowest BCUT2D eigenvalue weighted by molar-refractivity contribution is 0.0725. The smallest absolute Gasteiger partial charge is 0.253 e. The topological polar surface area (TPSA) is 85.2 Å². The van der Waals surface area contributed by atoms with Crippen molar-refractivity contribution in [2.45, 2.75) is 49.4 Å². The molecule has 7 nitrogen and oxygen atoms in total. The molecule has 0 atom stereocenters. The molecule has 1 amide bonds. The van der Waals surface area contributed by atoms with Gasteiger partial charge in [-0.1, -0.05) is 32.9 Å². The molecule has 2 aromatic rings. The van der Waals surface area contributed by atoms with Gasteiger partial charge in [-0.2, -0.15) is 0 Å². The van der Waals surface area contributed by atoms with Gasteiger partial charge in [0.2, 0.25) is 15.0 Å². The fourth-order valence-corrected chi connectivity index (χ4v) is 5.08. The van der Waals surface area contributed by atoms with Crippen molar-refractivity contribution in [3.05, 3.63) is 41.7 Å². The summed E-state index contributed by atoms with van der Waals surface area (Å²) in [5.41, 5.74) is 1.85. The van der Waals surface area contributed by atoms with Gasteiger partial charge in [-0.3, -0.25) is 4.79 Å². The van der Waals surface area contributed by atoms with Crippen LogP contribution in [-0.2, 0) is 22.3 Å². The maximum absolute atomic E-state index is 12.7. The van der Waals surface area contributed by atoms with Crippen LogP contribution in [0.1, 0.15) is 49.5 Å². The van der Waals surface area contributed by atoms with E-state index in [2.05, 4.69) is 31.0 Å². The van der Waals surface area contributed by atoms with E-state index in [1.54, 1.807) is 11.9 Å². The number of benzene rings is 1. The molecule has 2 heterocycles. The SMILES string of the molecule is Cn1cnnc1S(=O)(=O)C1CCN(C(=O)c2ccc(C(C)(C)C)cc2)CC1. The van der Waals surface area contributed by atoms with E-state index in [1.165, 1.54) is 16.5 Å². The Kier molecular flexibility index (Phi) is 5.12. The molecule has 0 saturated carbocycles. The maximum Gasteiger partial charge on any atom is 0.253 e. The maximum atomic E-state index is 12.7. The van der Waals surface area contributed by atoms with Crippen molar-refractivity contribution in [2.24, 2.45) is 7.05 Å². The fraction of sp³-hybridized carbons (Fsp3) is 0.526. The van der Waals surface area contributed by atoms with Crippen molar-refractivity contribution in [1.82, 2.24) is 19.7 Å². The second-order valence-corrected chi connectivity index (χ2v) is 10.2. The van der Waals surface area contributed by atoms with E-state index >= 15 is 0 Å². The van der Waals surface area contributed by atoms with Crippen LogP contribution in [0.3, 0.4) is 0 Å². The van der Waals surface area contributed by atoms with E-state index < -0.39 is 15.1 Å². The highest BCUT2D eigenvalue weighted by Gasteiger charge is 2.35. The molecule has 3 rings (SSSR count). The standard InChI is InChI=1S/C19H26N4O3S/c1-19(2,3)15-7-5-14(6-8-15)17(24)23-11-9-16(10-12-23)27(25,26)18-21-20-13-22(18)4/h5-8,13,16H,9-12H2,1-4H3. The number of piperidine rings is 1. The highest BCUT2D eigenvalue weighted by Crippen LogP contribution is 2.25. The van der Waals surface area contributed by atoms with E-state index in [0.29, 0.717) is 31.5 Å². The van der Waals surface area contributed by atoms with Gasteiger partial charge in [0.15, 0.2) is 0 Å². The summed E-state index contributed by atoms with van der Waals surface area (Å²) in [6, 6.07) is 7.67. The minimum absolute atomic E-state index is 0.00922. The Morgan fingerprint density at radius 1 is 1.11 bits per heavy atom. The number of amides is 1. The molecule has 1 aliphatic heterocycles. The molecule has 0 N–H and O–H groups in total. The number of carbonyl (C=O) groups is 1. The third-order valence-electron chi connectivity index (χ3n) is 5.09. The number of rotatable bonds is 3. The summed E-state index contributed by atoms with van der Waals surface area (Å²) < 4.78 is 26.9. The minimum Gasteiger partial charge on any atom is -0.339 e. The van der Waals surface area contributed by atoms with Gasteiger partial charge in [0, 0.05) is 25.7 Å². The molecule has 8 heteroatoms. The fourth-order valence-electron chi connectivity index (χ4n) is 3.34. The van der Waals surface area contributed by atoms with Crippen molar-refractivity contribution in [3.8, 4) is 0 Å². The summed E-state index contributed by atoms with van der Waals surface area (Å²) in [4.78, 5) is 14.5. The highest BCUT2D eigenvalue weighted by molar-refractivity contribution is 7.91. The molecule has 0 aliphatic carbocycles. The Morgan fingerprint density at radius 3 is 2.19 bits per heavy atom. The molecule has 1 aromatic heterocycles. The van der Waals surface area contributed by atoms with Gasteiger partial charge >= 0.3 is 0 Å². The average molecular weight is 391 g/mol. The number of aryl methyl sites for hydroxylation is 1. The molecule has 146 valence electrons. The molecule has 0 unspecified atom stereocenters. The summed E-state index contributed by atoms with van der Waals surface area (Å²) in [5.74, 6) is -0.0510. The van der Waals surface area contributed by atoms with Crippen LogP contribution in [0.2, 0.25) is 0 Å². The predicted molar refractivity (Wildman–Crippen MR) is 102 cm³/mol. The molecule has 0 radical (unpaired) electrons. The zero-order valence-electron chi connectivity index (χ0n) is 16.2.